The van der Waals surface area contributed by atoms with Crippen LogP contribution in [0.5, 0.6) is 5.75 Å². The second-order valence-electron chi connectivity index (χ2n) is 8.23. The van der Waals surface area contributed by atoms with E-state index in [1.54, 1.807) is 7.11 Å². The van der Waals surface area contributed by atoms with Crippen molar-refractivity contribution < 1.29 is 19.4 Å². The smallest absolute Gasteiger partial charge is 0.407 e. The zero-order valence-corrected chi connectivity index (χ0v) is 17.4. The molecule has 0 aliphatic heterocycles. The van der Waals surface area contributed by atoms with E-state index in [4.69, 9.17) is 9.47 Å². The fourth-order valence-electron chi connectivity index (χ4n) is 4.86. The van der Waals surface area contributed by atoms with Gasteiger partial charge in [0.15, 0.2) is 0 Å². The van der Waals surface area contributed by atoms with Crippen molar-refractivity contribution in [1.82, 2.24) is 5.32 Å². The molecule has 5 nitrogen and oxygen atoms in total. The molecule has 1 amide bonds. The summed E-state index contributed by atoms with van der Waals surface area (Å²) in [6, 6.07) is 22.2. The van der Waals surface area contributed by atoms with E-state index in [0.29, 0.717) is 12.2 Å². The van der Waals surface area contributed by atoms with Gasteiger partial charge in [-0.25, -0.2) is 4.79 Å². The number of carbonyl (C=O) groups excluding carboxylic acids is 1. The zero-order valence-electron chi connectivity index (χ0n) is 17.4. The van der Waals surface area contributed by atoms with Crippen LogP contribution in [-0.2, 0) is 16.8 Å². The van der Waals surface area contributed by atoms with Crippen molar-refractivity contribution in [3.63, 3.8) is 0 Å². The monoisotopic (exact) mass is 415 g/mol. The van der Waals surface area contributed by atoms with Gasteiger partial charge in [-0.3, -0.25) is 0 Å². The summed E-state index contributed by atoms with van der Waals surface area (Å²) in [5.41, 5.74) is 5.51. The summed E-state index contributed by atoms with van der Waals surface area (Å²) in [5.74, 6) is 0.706. The maximum absolute atomic E-state index is 12.5. The first-order chi connectivity index (χ1) is 15.1. The average Bonchev–Trinajstić information content (AvgIpc) is 3.31. The van der Waals surface area contributed by atoms with Crippen LogP contribution in [0, 0.1) is 0 Å². The van der Waals surface area contributed by atoms with Crippen LogP contribution in [0.15, 0.2) is 66.7 Å². The van der Waals surface area contributed by atoms with E-state index in [0.717, 1.165) is 17.5 Å². The van der Waals surface area contributed by atoms with Crippen LogP contribution in [0.25, 0.3) is 11.1 Å². The minimum atomic E-state index is -1.12. The van der Waals surface area contributed by atoms with Crippen molar-refractivity contribution >= 4 is 6.09 Å². The highest BCUT2D eigenvalue weighted by atomic mass is 16.5. The number of hydrogen-bond donors (Lipinski definition) is 2. The van der Waals surface area contributed by atoms with Crippen molar-refractivity contribution in [1.29, 1.82) is 0 Å². The van der Waals surface area contributed by atoms with Gasteiger partial charge in [-0.1, -0.05) is 54.6 Å². The minimum absolute atomic E-state index is 0.0118. The third kappa shape index (κ3) is 3.45. The fraction of sp³-hybridized carbons (Fsp3) is 0.269. The SMILES string of the molecule is COc1ccc2c(c1)C(O)(CNC(=O)OCC1c3ccccc3-c3ccccc31)CC2. The molecule has 0 radical (unpaired) electrons. The van der Waals surface area contributed by atoms with Crippen LogP contribution in [-0.4, -0.2) is 31.5 Å². The highest BCUT2D eigenvalue weighted by Crippen LogP contribution is 2.44. The Labute approximate surface area is 181 Å². The summed E-state index contributed by atoms with van der Waals surface area (Å²) >= 11 is 0. The Morgan fingerprint density at radius 2 is 1.74 bits per heavy atom. The largest absolute Gasteiger partial charge is 0.497 e. The highest BCUT2D eigenvalue weighted by Gasteiger charge is 2.37. The molecule has 5 heteroatoms. The standard InChI is InChI=1S/C26H25NO4/c1-30-18-11-10-17-12-13-26(29,24(17)14-18)16-27-25(28)31-15-23-21-8-4-2-6-19(21)20-7-3-5-9-22(20)23/h2-11,14,23,29H,12-13,15-16H2,1H3,(H,27,28). The molecule has 1 atom stereocenters. The van der Waals surface area contributed by atoms with E-state index in [1.807, 2.05) is 42.5 Å². The normalized spacial score (nSPS) is 18.8. The zero-order chi connectivity index (χ0) is 21.4. The number of benzene rings is 3. The van der Waals surface area contributed by atoms with Crippen molar-refractivity contribution in [3.05, 3.63) is 89.0 Å². The van der Waals surface area contributed by atoms with Gasteiger partial charge in [0.2, 0.25) is 0 Å². The van der Waals surface area contributed by atoms with Crippen LogP contribution in [0.3, 0.4) is 0 Å². The first kappa shape index (κ1) is 19.6. The molecule has 0 spiro atoms. The summed E-state index contributed by atoms with van der Waals surface area (Å²) in [6.07, 6.45) is 0.799. The van der Waals surface area contributed by atoms with Crippen LogP contribution < -0.4 is 10.1 Å². The molecule has 1 unspecified atom stereocenters. The number of alkyl carbamates (subject to hydrolysis) is 1. The maximum atomic E-state index is 12.5. The first-order valence-corrected chi connectivity index (χ1v) is 10.6. The van der Waals surface area contributed by atoms with E-state index in [1.165, 1.54) is 22.3 Å². The Morgan fingerprint density at radius 3 is 2.42 bits per heavy atom. The lowest BCUT2D eigenvalue weighted by Crippen LogP contribution is -2.39. The number of fused-ring (bicyclic) bond motifs is 4. The van der Waals surface area contributed by atoms with Gasteiger partial charge >= 0.3 is 6.09 Å². The van der Waals surface area contributed by atoms with Gasteiger partial charge in [0.05, 0.1) is 13.7 Å². The number of amides is 1. The Kier molecular flexibility index (Phi) is 4.91. The van der Waals surface area contributed by atoms with Crippen LogP contribution in [0.2, 0.25) is 0 Å². The quantitative estimate of drug-likeness (QED) is 0.649. The molecule has 2 N–H and O–H groups in total. The molecule has 2 aliphatic carbocycles. The van der Waals surface area contributed by atoms with Crippen molar-refractivity contribution in [2.75, 3.05) is 20.3 Å². The number of nitrogens with one attached hydrogen (secondary N) is 1. The molecular weight excluding hydrogens is 390 g/mol. The molecule has 158 valence electrons. The lowest BCUT2D eigenvalue weighted by Gasteiger charge is -2.25. The summed E-state index contributed by atoms with van der Waals surface area (Å²) in [6.45, 7) is 0.354. The van der Waals surface area contributed by atoms with Crippen molar-refractivity contribution in [2.45, 2.75) is 24.4 Å². The molecular formula is C26H25NO4. The first-order valence-electron chi connectivity index (χ1n) is 10.6. The number of aryl methyl sites for hydroxylation is 1. The summed E-state index contributed by atoms with van der Waals surface area (Å²) in [5, 5.41) is 13.9. The van der Waals surface area contributed by atoms with Gasteiger partial charge < -0.3 is 19.9 Å². The van der Waals surface area contributed by atoms with E-state index >= 15 is 0 Å². The van der Waals surface area contributed by atoms with Gasteiger partial charge in [-0.05, 0) is 58.4 Å². The summed E-state index contributed by atoms with van der Waals surface area (Å²) < 4.78 is 10.9. The van der Waals surface area contributed by atoms with Crippen LogP contribution in [0.1, 0.15) is 34.6 Å². The molecule has 3 aromatic rings. The van der Waals surface area contributed by atoms with E-state index in [2.05, 4.69) is 29.6 Å². The van der Waals surface area contributed by atoms with E-state index in [-0.39, 0.29) is 19.1 Å². The van der Waals surface area contributed by atoms with Gasteiger partial charge in [-0.15, -0.1) is 0 Å². The van der Waals surface area contributed by atoms with E-state index in [9.17, 15) is 9.90 Å². The molecule has 0 saturated heterocycles. The predicted molar refractivity (Wildman–Crippen MR) is 118 cm³/mol. The number of ether oxygens (including phenoxy) is 2. The van der Waals surface area contributed by atoms with Crippen molar-refractivity contribution in [3.8, 4) is 16.9 Å². The maximum Gasteiger partial charge on any atom is 0.407 e. The summed E-state index contributed by atoms with van der Waals surface area (Å²) in [7, 11) is 1.60. The topological polar surface area (TPSA) is 67.8 Å². The average molecular weight is 415 g/mol. The van der Waals surface area contributed by atoms with Crippen LogP contribution >= 0.6 is 0 Å². The number of carbonyl (C=O) groups is 1. The lowest BCUT2D eigenvalue weighted by atomic mass is 9.96. The van der Waals surface area contributed by atoms with Gasteiger partial charge in [0, 0.05) is 5.92 Å². The number of rotatable bonds is 5. The third-order valence-electron chi connectivity index (χ3n) is 6.50. The Hall–Kier alpha value is -3.31. The molecule has 0 heterocycles. The molecule has 3 aromatic carbocycles. The summed E-state index contributed by atoms with van der Waals surface area (Å²) in [4.78, 5) is 12.5. The fourth-order valence-corrected chi connectivity index (χ4v) is 4.86. The number of aliphatic hydroxyl groups is 1. The van der Waals surface area contributed by atoms with Crippen LogP contribution in [0.4, 0.5) is 4.79 Å². The molecule has 2 aliphatic rings. The Balaban J connectivity index is 1.25. The Morgan fingerprint density at radius 1 is 1.06 bits per heavy atom. The second kappa shape index (κ2) is 7.75. The molecule has 31 heavy (non-hydrogen) atoms. The Bertz CT molecular complexity index is 1100. The van der Waals surface area contributed by atoms with Gasteiger partial charge in [0.1, 0.15) is 18.0 Å². The lowest BCUT2D eigenvalue weighted by molar-refractivity contribution is 0.0364. The molecule has 0 bridgehead atoms. The third-order valence-corrected chi connectivity index (χ3v) is 6.50. The number of methoxy groups -OCH3 is 1. The van der Waals surface area contributed by atoms with E-state index < -0.39 is 11.7 Å². The molecule has 0 fully saturated rings. The van der Waals surface area contributed by atoms with Crippen molar-refractivity contribution in [2.24, 2.45) is 0 Å². The minimum Gasteiger partial charge on any atom is -0.497 e. The molecule has 5 rings (SSSR count). The van der Waals surface area contributed by atoms with Gasteiger partial charge in [0.25, 0.3) is 0 Å². The number of hydrogen-bond acceptors (Lipinski definition) is 4. The predicted octanol–water partition coefficient (Wildman–Crippen LogP) is 4.37. The molecule has 0 aromatic heterocycles. The highest BCUT2D eigenvalue weighted by molar-refractivity contribution is 5.79. The molecule has 0 saturated carbocycles. The second-order valence-corrected chi connectivity index (χ2v) is 8.23. The van der Waals surface area contributed by atoms with Gasteiger partial charge in [-0.2, -0.15) is 0 Å².